The topological polar surface area (TPSA) is 92.4 Å². The van der Waals surface area contributed by atoms with Crippen molar-refractivity contribution in [3.8, 4) is 0 Å². The van der Waals surface area contributed by atoms with Gasteiger partial charge in [0.25, 0.3) is 0 Å². The zero-order valence-electron chi connectivity index (χ0n) is 11.4. The van der Waals surface area contributed by atoms with Crippen molar-refractivity contribution in [3.05, 3.63) is 29.3 Å². The summed E-state index contributed by atoms with van der Waals surface area (Å²) in [5.41, 5.74) is 7.03. The van der Waals surface area contributed by atoms with Crippen LogP contribution in [0.5, 0.6) is 0 Å². The molecule has 1 rings (SSSR count). The summed E-state index contributed by atoms with van der Waals surface area (Å²) in [5, 5.41) is 11.7. The van der Waals surface area contributed by atoms with Gasteiger partial charge in [-0.3, -0.25) is 4.79 Å². The Labute approximate surface area is 112 Å². The van der Waals surface area contributed by atoms with Gasteiger partial charge >= 0.3 is 5.97 Å². The summed E-state index contributed by atoms with van der Waals surface area (Å²) in [6.45, 7) is 5.53. The molecule has 0 aliphatic heterocycles. The molecule has 1 amide bonds. The predicted octanol–water partition coefficient (Wildman–Crippen LogP) is 2.01. The van der Waals surface area contributed by atoms with E-state index in [1.54, 1.807) is 19.1 Å². The number of carboxylic acid groups (broad SMARTS) is 1. The summed E-state index contributed by atoms with van der Waals surface area (Å²) in [6.07, 6.45) is 0.808. The lowest BCUT2D eigenvalue weighted by atomic mass is 9.99. The van der Waals surface area contributed by atoms with Gasteiger partial charge in [0.05, 0.1) is 11.6 Å². The summed E-state index contributed by atoms with van der Waals surface area (Å²) in [5.74, 6) is -1.23. The zero-order valence-corrected chi connectivity index (χ0v) is 11.4. The van der Waals surface area contributed by atoms with Crippen LogP contribution in [-0.2, 0) is 4.79 Å². The first kappa shape index (κ1) is 15.2. The van der Waals surface area contributed by atoms with Crippen LogP contribution in [0.15, 0.2) is 18.2 Å². The number of carbonyl (C=O) groups is 2. The highest BCUT2D eigenvalue weighted by atomic mass is 16.4. The van der Waals surface area contributed by atoms with E-state index in [1.165, 1.54) is 6.07 Å². The molecule has 1 aromatic carbocycles. The van der Waals surface area contributed by atoms with Crippen molar-refractivity contribution in [2.45, 2.75) is 33.2 Å². The lowest BCUT2D eigenvalue weighted by Gasteiger charge is -2.18. The molecule has 104 valence electrons. The third kappa shape index (κ3) is 3.54. The Morgan fingerprint density at radius 1 is 1.42 bits per heavy atom. The van der Waals surface area contributed by atoms with Gasteiger partial charge in [-0.15, -0.1) is 0 Å². The highest BCUT2D eigenvalue weighted by Crippen LogP contribution is 2.19. The average Bonchev–Trinajstić information content (AvgIpc) is 2.38. The van der Waals surface area contributed by atoms with Crippen LogP contribution in [0.25, 0.3) is 0 Å². The largest absolute Gasteiger partial charge is 0.478 e. The molecule has 0 spiro atoms. The molecular formula is C14H20N2O3. The van der Waals surface area contributed by atoms with Gasteiger partial charge in [-0.25, -0.2) is 4.79 Å². The van der Waals surface area contributed by atoms with Crippen molar-refractivity contribution in [2.24, 2.45) is 11.7 Å². The Morgan fingerprint density at radius 2 is 2.05 bits per heavy atom. The Bertz CT molecular complexity index is 486. The highest BCUT2D eigenvalue weighted by Gasteiger charge is 2.20. The van der Waals surface area contributed by atoms with Gasteiger partial charge in [-0.1, -0.05) is 26.3 Å². The van der Waals surface area contributed by atoms with E-state index < -0.39 is 12.0 Å². The van der Waals surface area contributed by atoms with Crippen LogP contribution in [0.3, 0.4) is 0 Å². The molecule has 0 radical (unpaired) electrons. The van der Waals surface area contributed by atoms with Gasteiger partial charge in [-0.2, -0.15) is 0 Å². The van der Waals surface area contributed by atoms with E-state index in [2.05, 4.69) is 5.32 Å². The quantitative estimate of drug-likeness (QED) is 0.758. The van der Waals surface area contributed by atoms with Gasteiger partial charge in [0.15, 0.2) is 0 Å². The Hall–Kier alpha value is -1.88. The first-order chi connectivity index (χ1) is 8.88. The van der Waals surface area contributed by atoms with Gasteiger partial charge < -0.3 is 16.2 Å². The smallest absolute Gasteiger partial charge is 0.336 e. The summed E-state index contributed by atoms with van der Waals surface area (Å²) >= 11 is 0. The summed E-state index contributed by atoms with van der Waals surface area (Å²) < 4.78 is 0. The lowest BCUT2D eigenvalue weighted by molar-refractivity contribution is -0.118. The van der Waals surface area contributed by atoms with Crippen molar-refractivity contribution in [1.82, 2.24) is 0 Å². The number of rotatable bonds is 5. The molecule has 2 atom stereocenters. The molecule has 5 nitrogen and oxygen atoms in total. The number of aromatic carboxylic acids is 1. The molecule has 2 unspecified atom stereocenters. The average molecular weight is 264 g/mol. The Balaban J connectivity index is 2.92. The minimum Gasteiger partial charge on any atom is -0.478 e. The van der Waals surface area contributed by atoms with Gasteiger partial charge in [-0.05, 0) is 30.5 Å². The van der Waals surface area contributed by atoms with Gasteiger partial charge in [0, 0.05) is 5.69 Å². The molecule has 0 saturated heterocycles. The number of hydrogen-bond donors (Lipinski definition) is 3. The molecule has 0 aromatic heterocycles. The molecular weight excluding hydrogens is 244 g/mol. The van der Waals surface area contributed by atoms with Crippen molar-refractivity contribution in [3.63, 3.8) is 0 Å². The highest BCUT2D eigenvalue weighted by molar-refractivity contribution is 5.98. The SMILES string of the molecule is CCC(C)C(N)C(=O)Nc1cccc(C(=O)O)c1C. The third-order valence-corrected chi connectivity index (χ3v) is 3.38. The Morgan fingerprint density at radius 3 is 2.58 bits per heavy atom. The molecule has 4 N–H and O–H groups in total. The zero-order chi connectivity index (χ0) is 14.6. The second kappa shape index (κ2) is 6.33. The lowest BCUT2D eigenvalue weighted by Crippen LogP contribution is -2.40. The molecule has 5 heteroatoms. The first-order valence-electron chi connectivity index (χ1n) is 6.27. The Kier molecular flexibility index (Phi) is 5.06. The van der Waals surface area contributed by atoms with E-state index in [-0.39, 0.29) is 17.4 Å². The minimum atomic E-state index is -1.01. The van der Waals surface area contributed by atoms with Crippen molar-refractivity contribution in [1.29, 1.82) is 0 Å². The van der Waals surface area contributed by atoms with Crippen LogP contribution < -0.4 is 11.1 Å². The maximum atomic E-state index is 12.0. The molecule has 0 aliphatic rings. The van der Waals surface area contributed by atoms with Crippen molar-refractivity contribution >= 4 is 17.6 Å². The number of carboxylic acids is 1. The predicted molar refractivity (Wildman–Crippen MR) is 74.2 cm³/mol. The summed E-state index contributed by atoms with van der Waals surface area (Å²) in [6, 6.07) is 4.17. The van der Waals surface area contributed by atoms with E-state index in [1.807, 2.05) is 13.8 Å². The fourth-order valence-electron chi connectivity index (χ4n) is 1.73. The normalized spacial score (nSPS) is 13.7. The monoisotopic (exact) mass is 264 g/mol. The molecule has 1 aromatic rings. The van der Waals surface area contributed by atoms with Crippen LogP contribution >= 0.6 is 0 Å². The summed E-state index contributed by atoms with van der Waals surface area (Å²) in [4.78, 5) is 23.0. The summed E-state index contributed by atoms with van der Waals surface area (Å²) in [7, 11) is 0. The van der Waals surface area contributed by atoms with Crippen molar-refractivity contribution in [2.75, 3.05) is 5.32 Å². The first-order valence-corrected chi connectivity index (χ1v) is 6.27. The second-order valence-corrected chi connectivity index (χ2v) is 4.68. The van der Waals surface area contributed by atoms with Crippen LogP contribution in [0.2, 0.25) is 0 Å². The van der Waals surface area contributed by atoms with Crippen LogP contribution in [0, 0.1) is 12.8 Å². The molecule has 0 aliphatic carbocycles. The number of carbonyl (C=O) groups excluding carboxylic acids is 1. The standard InChI is InChI=1S/C14H20N2O3/c1-4-8(2)12(15)13(17)16-11-7-5-6-10(9(11)3)14(18)19/h5-8,12H,4,15H2,1-3H3,(H,16,17)(H,18,19). The minimum absolute atomic E-state index is 0.0722. The molecule has 0 bridgehead atoms. The van der Waals surface area contributed by atoms with E-state index >= 15 is 0 Å². The molecule has 0 saturated carbocycles. The number of hydrogen-bond acceptors (Lipinski definition) is 3. The third-order valence-electron chi connectivity index (χ3n) is 3.38. The van der Waals surface area contributed by atoms with Crippen LogP contribution in [-0.4, -0.2) is 23.0 Å². The van der Waals surface area contributed by atoms with E-state index in [4.69, 9.17) is 10.8 Å². The van der Waals surface area contributed by atoms with E-state index in [9.17, 15) is 9.59 Å². The fraction of sp³-hybridized carbons (Fsp3) is 0.429. The number of nitrogens with one attached hydrogen (secondary N) is 1. The molecule has 0 heterocycles. The fourth-order valence-corrected chi connectivity index (χ4v) is 1.73. The number of amides is 1. The van der Waals surface area contributed by atoms with Crippen molar-refractivity contribution < 1.29 is 14.7 Å². The second-order valence-electron chi connectivity index (χ2n) is 4.68. The van der Waals surface area contributed by atoms with E-state index in [0.717, 1.165) is 6.42 Å². The van der Waals surface area contributed by atoms with E-state index in [0.29, 0.717) is 11.3 Å². The number of benzene rings is 1. The van der Waals surface area contributed by atoms with Gasteiger partial charge in [0.2, 0.25) is 5.91 Å². The van der Waals surface area contributed by atoms with Gasteiger partial charge in [0.1, 0.15) is 0 Å². The number of nitrogens with two attached hydrogens (primary N) is 1. The molecule has 19 heavy (non-hydrogen) atoms. The number of anilines is 1. The van der Waals surface area contributed by atoms with Crippen LogP contribution in [0.1, 0.15) is 36.2 Å². The van der Waals surface area contributed by atoms with Crippen LogP contribution in [0.4, 0.5) is 5.69 Å². The molecule has 0 fully saturated rings. The maximum Gasteiger partial charge on any atom is 0.336 e. The maximum absolute atomic E-state index is 12.0.